The summed E-state index contributed by atoms with van der Waals surface area (Å²) in [6.45, 7) is 1.03. The molecule has 26 heavy (non-hydrogen) atoms. The second kappa shape index (κ2) is 8.36. The van der Waals surface area contributed by atoms with E-state index in [0.29, 0.717) is 0 Å². The Balaban J connectivity index is 1.73. The van der Waals surface area contributed by atoms with Crippen molar-refractivity contribution < 1.29 is 4.79 Å². The van der Waals surface area contributed by atoms with Crippen molar-refractivity contribution in [3.05, 3.63) is 64.1 Å². The Bertz CT molecular complexity index is 732. The highest BCUT2D eigenvalue weighted by Gasteiger charge is 2.42. The summed E-state index contributed by atoms with van der Waals surface area (Å²) < 4.78 is 1.04. The Morgan fingerprint density at radius 2 is 1.65 bits per heavy atom. The fourth-order valence-corrected chi connectivity index (χ4v) is 4.02. The first-order chi connectivity index (χ1) is 12.5. The number of carbonyl (C=O) groups excluding carboxylic acids is 1. The Hall–Kier alpha value is -1.65. The van der Waals surface area contributed by atoms with Gasteiger partial charge in [-0.25, -0.2) is 0 Å². The molecule has 1 amide bonds. The lowest BCUT2D eigenvalue weighted by atomic mass is 9.78. The maximum atomic E-state index is 13.2. The number of anilines is 1. The molecule has 2 aromatic rings. The molecule has 3 rings (SSSR count). The molecule has 4 heteroatoms. The second-order valence-electron chi connectivity index (χ2n) is 7.50. The zero-order valence-electron chi connectivity index (χ0n) is 15.6. The van der Waals surface area contributed by atoms with Crippen molar-refractivity contribution in [3.63, 3.8) is 0 Å². The summed E-state index contributed by atoms with van der Waals surface area (Å²) in [6, 6.07) is 16.5. The van der Waals surface area contributed by atoms with Crippen LogP contribution in [0.15, 0.2) is 53.0 Å². The van der Waals surface area contributed by atoms with Crippen LogP contribution in [0.1, 0.15) is 36.8 Å². The monoisotopic (exact) mass is 414 g/mol. The van der Waals surface area contributed by atoms with Crippen LogP contribution in [0.3, 0.4) is 0 Å². The van der Waals surface area contributed by atoms with Crippen molar-refractivity contribution in [2.45, 2.75) is 37.5 Å². The number of benzene rings is 2. The maximum Gasteiger partial charge on any atom is 0.235 e. The normalized spacial score (nSPS) is 16.0. The lowest BCUT2D eigenvalue weighted by Gasteiger charge is -2.28. The van der Waals surface area contributed by atoms with Crippen LogP contribution in [0.2, 0.25) is 0 Å². The molecule has 2 aromatic carbocycles. The van der Waals surface area contributed by atoms with E-state index < -0.39 is 5.41 Å². The fourth-order valence-electron chi connectivity index (χ4n) is 3.75. The molecule has 0 unspecified atom stereocenters. The molecular formula is C22H27BrN2O. The van der Waals surface area contributed by atoms with Gasteiger partial charge in [-0.2, -0.15) is 0 Å². The fraction of sp³-hybridized carbons (Fsp3) is 0.409. The number of nitrogens with zero attached hydrogens (tertiary/aromatic N) is 1. The maximum absolute atomic E-state index is 13.2. The van der Waals surface area contributed by atoms with Crippen molar-refractivity contribution in [2.75, 3.05) is 26.0 Å². The van der Waals surface area contributed by atoms with Crippen LogP contribution in [0.25, 0.3) is 0 Å². The minimum Gasteiger partial charge on any atom is -0.325 e. The lowest BCUT2D eigenvalue weighted by Crippen LogP contribution is -2.37. The van der Waals surface area contributed by atoms with Crippen molar-refractivity contribution in [1.29, 1.82) is 0 Å². The van der Waals surface area contributed by atoms with Gasteiger partial charge in [-0.15, -0.1) is 0 Å². The van der Waals surface area contributed by atoms with Gasteiger partial charge in [-0.1, -0.05) is 53.0 Å². The average molecular weight is 415 g/mol. The van der Waals surface area contributed by atoms with Gasteiger partial charge in [-0.05, 0) is 68.8 Å². The van der Waals surface area contributed by atoms with E-state index in [9.17, 15) is 4.79 Å². The summed E-state index contributed by atoms with van der Waals surface area (Å²) in [4.78, 5) is 15.4. The summed E-state index contributed by atoms with van der Waals surface area (Å²) in [5.74, 6) is 0.123. The highest BCUT2D eigenvalue weighted by Crippen LogP contribution is 2.42. The molecule has 1 fully saturated rings. The summed E-state index contributed by atoms with van der Waals surface area (Å²) in [5.41, 5.74) is 2.90. The first-order valence-corrected chi connectivity index (χ1v) is 10.1. The number of hydrogen-bond donors (Lipinski definition) is 1. The van der Waals surface area contributed by atoms with E-state index in [1.807, 2.05) is 24.3 Å². The third-order valence-electron chi connectivity index (χ3n) is 5.35. The summed E-state index contributed by atoms with van der Waals surface area (Å²) in [6.07, 6.45) is 5.06. The van der Waals surface area contributed by atoms with Crippen molar-refractivity contribution in [3.8, 4) is 0 Å². The molecule has 0 aliphatic heterocycles. The molecule has 0 atom stereocenters. The van der Waals surface area contributed by atoms with Crippen molar-refractivity contribution >= 4 is 27.5 Å². The van der Waals surface area contributed by atoms with E-state index in [1.165, 1.54) is 5.56 Å². The predicted octanol–water partition coefficient (Wildman–Crippen LogP) is 5.00. The van der Waals surface area contributed by atoms with E-state index in [4.69, 9.17) is 0 Å². The molecule has 3 nitrogen and oxygen atoms in total. The number of hydrogen-bond acceptors (Lipinski definition) is 2. The summed E-state index contributed by atoms with van der Waals surface area (Å²) in [5, 5.41) is 3.17. The Kier molecular flexibility index (Phi) is 6.15. The summed E-state index contributed by atoms with van der Waals surface area (Å²) >= 11 is 3.49. The second-order valence-corrected chi connectivity index (χ2v) is 8.42. The van der Waals surface area contributed by atoms with Gasteiger partial charge in [0.1, 0.15) is 0 Å². The average Bonchev–Trinajstić information content (AvgIpc) is 3.13. The zero-order valence-corrected chi connectivity index (χ0v) is 17.2. The standard InChI is InChI=1S/C22H27BrN2O/c1-25(2)16-13-17-5-11-20(12-6-17)24-21(26)22(14-3-4-15-22)18-7-9-19(23)10-8-18/h5-12H,3-4,13-16H2,1-2H3,(H,24,26). The Labute approximate surface area is 164 Å². The minimum atomic E-state index is -0.399. The third kappa shape index (κ3) is 4.36. The van der Waals surface area contributed by atoms with Crippen LogP contribution in [0.5, 0.6) is 0 Å². The predicted molar refractivity (Wildman–Crippen MR) is 112 cm³/mol. The molecule has 1 aliphatic carbocycles. The first-order valence-electron chi connectivity index (χ1n) is 9.31. The van der Waals surface area contributed by atoms with E-state index in [0.717, 1.165) is 54.4 Å². The van der Waals surface area contributed by atoms with Gasteiger partial charge in [0.2, 0.25) is 5.91 Å². The number of nitrogens with one attached hydrogen (secondary N) is 1. The highest BCUT2D eigenvalue weighted by molar-refractivity contribution is 9.10. The largest absolute Gasteiger partial charge is 0.325 e. The molecular weight excluding hydrogens is 388 g/mol. The van der Waals surface area contributed by atoms with Gasteiger partial charge in [0.05, 0.1) is 5.41 Å². The molecule has 0 radical (unpaired) electrons. The van der Waals surface area contributed by atoms with E-state index in [1.54, 1.807) is 0 Å². The van der Waals surface area contributed by atoms with Crippen LogP contribution in [-0.2, 0) is 16.6 Å². The summed E-state index contributed by atoms with van der Waals surface area (Å²) in [7, 11) is 4.16. The number of carbonyl (C=O) groups is 1. The molecule has 0 aromatic heterocycles. The first kappa shape index (κ1) is 19.1. The van der Waals surface area contributed by atoms with Gasteiger partial charge in [0.15, 0.2) is 0 Å². The third-order valence-corrected chi connectivity index (χ3v) is 5.88. The van der Waals surface area contributed by atoms with Crippen molar-refractivity contribution in [1.82, 2.24) is 4.90 Å². The highest BCUT2D eigenvalue weighted by atomic mass is 79.9. The van der Waals surface area contributed by atoms with Gasteiger partial charge in [0.25, 0.3) is 0 Å². The molecule has 138 valence electrons. The zero-order chi connectivity index (χ0) is 18.6. The molecule has 0 saturated heterocycles. The van der Waals surface area contributed by atoms with Crippen LogP contribution in [-0.4, -0.2) is 31.4 Å². The topological polar surface area (TPSA) is 32.3 Å². The Morgan fingerprint density at radius 1 is 1.04 bits per heavy atom. The van der Waals surface area contributed by atoms with Gasteiger partial charge in [0, 0.05) is 16.7 Å². The molecule has 1 N–H and O–H groups in total. The van der Waals surface area contributed by atoms with Gasteiger partial charge < -0.3 is 10.2 Å². The van der Waals surface area contributed by atoms with E-state index in [2.05, 4.69) is 64.5 Å². The molecule has 1 saturated carbocycles. The molecule has 0 heterocycles. The Morgan fingerprint density at radius 3 is 2.23 bits per heavy atom. The van der Waals surface area contributed by atoms with Crippen molar-refractivity contribution in [2.24, 2.45) is 0 Å². The quantitative estimate of drug-likeness (QED) is 0.720. The molecule has 1 aliphatic rings. The van der Waals surface area contributed by atoms with Crippen LogP contribution in [0, 0.1) is 0 Å². The number of likely N-dealkylation sites (N-methyl/N-ethyl adjacent to an activating group) is 1. The number of rotatable bonds is 6. The lowest BCUT2D eigenvalue weighted by molar-refractivity contribution is -0.121. The smallest absolute Gasteiger partial charge is 0.235 e. The number of amides is 1. The van der Waals surface area contributed by atoms with Gasteiger partial charge in [-0.3, -0.25) is 4.79 Å². The number of halogens is 1. The van der Waals surface area contributed by atoms with Crippen LogP contribution < -0.4 is 5.32 Å². The van der Waals surface area contributed by atoms with Gasteiger partial charge >= 0.3 is 0 Å². The van der Waals surface area contributed by atoms with E-state index in [-0.39, 0.29) is 5.91 Å². The van der Waals surface area contributed by atoms with E-state index >= 15 is 0 Å². The van der Waals surface area contributed by atoms with Crippen LogP contribution in [0.4, 0.5) is 5.69 Å². The van der Waals surface area contributed by atoms with Crippen LogP contribution >= 0.6 is 15.9 Å². The molecule has 0 spiro atoms. The molecule has 0 bridgehead atoms. The minimum absolute atomic E-state index is 0.123. The SMILES string of the molecule is CN(C)CCc1ccc(NC(=O)C2(c3ccc(Br)cc3)CCCC2)cc1.